The van der Waals surface area contributed by atoms with E-state index in [4.69, 9.17) is 11.5 Å². The van der Waals surface area contributed by atoms with E-state index in [2.05, 4.69) is 10.3 Å². The van der Waals surface area contributed by atoms with Crippen LogP contribution in [0.15, 0.2) is 88.8 Å². The fourth-order valence-electron chi connectivity index (χ4n) is 3.22. The van der Waals surface area contributed by atoms with Crippen molar-refractivity contribution in [1.29, 1.82) is 0 Å². The first-order valence-corrected chi connectivity index (χ1v) is 11.3. The number of amides is 1. The quantitative estimate of drug-likeness (QED) is 0.293. The molecule has 0 saturated heterocycles. The number of hydrogen-bond donors (Lipinski definition) is 4. The molecule has 0 heterocycles. The molecule has 0 saturated carbocycles. The highest BCUT2D eigenvalue weighted by Gasteiger charge is 2.31. The van der Waals surface area contributed by atoms with Crippen LogP contribution in [-0.2, 0) is 14.6 Å². The Morgan fingerprint density at radius 1 is 0.939 bits per heavy atom. The van der Waals surface area contributed by atoms with Gasteiger partial charge in [-0.05, 0) is 42.0 Å². The average Bonchev–Trinajstić information content (AvgIpc) is 2.78. The van der Waals surface area contributed by atoms with Crippen LogP contribution in [0.4, 0.5) is 11.4 Å². The van der Waals surface area contributed by atoms with Crippen LogP contribution in [0.25, 0.3) is 0 Å². The number of carbonyl (C=O) groups is 2. The van der Waals surface area contributed by atoms with E-state index in [1.807, 2.05) is 0 Å². The Morgan fingerprint density at radius 2 is 1.64 bits per heavy atom. The van der Waals surface area contributed by atoms with Crippen LogP contribution >= 0.6 is 0 Å². The van der Waals surface area contributed by atoms with Crippen LogP contribution in [0.3, 0.4) is 0 Å². The van der Waals surface area contributed by atoms with E-state index < -0.39 is 33.4 Å². The van der Waals surface area contributed by atoms with Gasteiger partial charge in [0.1, 0.15) is 5.25 Å². The highest BCUT2D eigenvalue weighted by Crippen LogP contribution is 2.33. The lowest BCUT2D eigenvalue weighted by atomic mass is 10.1. The Bertz CT molecular complexity index is 1300. The number of nitrogens with two attached hydrogens (primary N) is 2. The van der Waals surface area contributed by atoms with Gasteiger partial charge < -0.3 is 21.9 Å². The number of sulfone groups is 1. The highest BCUT2D eigenvalue weighted by molar-refractivity contribution is 7.91. The van der Waals surface area contributed by atoms with Gasteiger partial charge in [-0.3, -0.25) is 9.59 Å². The molecule has 1 atom stereocenters. The first-order valence-electron chi connectivity index (χ1n) is 9.78. The van der Waals surface area contributed by atoms with Gasteiger partial charge in [-0.25, -0.2) is 13.4 Å². The molecule has 1 amide bonds. The van der Waals surface area contributed by atoms with Crippen molar-refractivity contribution in [3.05, 3.63) is 90.0 Å². The molecule has 0 aromatic heterocycles. The second-order valence-electron chi connectivity index (χ2n) is 7.11. The molecular weight excluding hydrogens is 444 g/mol. The highest BCUT2D eigenvalue weighted by atomic mass is 32.2. The first kappa shape index (κ1) is 23.5. The molecule has 0 fully saturated rings. The van der Waals surface area contributed by atoms with Crippen LogP contribution in [0.5, 0.6) is 0 Å². The smallest absolute Gasteiger partial charge is 0.305 e. The predicted molar refractivity (Wildman–Crippen MR) is 125 cm³/mol. The third-order valence-corrected chi connectivity index (χ3v) is 6.79. The van der Waals surface area contributed by atoms with Crippen molar-refractivity contribution in [2.75, 3.05) is 5.32 Å². The number of anilines is 1. The van der Waals surface area contributed by atoms with E-state index >= 15 is 0 Å². The fraction of sp³-hybridized carbons (Fsp3) is 0.0870. The lowest BCUT2D eigenvalue weighted by Gasteiger charge is -2.17. The van der Waals surface area contributed by atoms with Gasteiger partial charge in [0.25, 0.3) is 5.91 Å². The summed E-state index contributed by atoms with van der Waals surface area (Å²) in [6, 6.07) is 20.1. The molecule has 170 valence electrons. The van der Waals surface area contributed by atoms with Crippen LogP contribution in [0.2, 0.25) is 0 Å². The number of hydrogen-bond acceptors (Lipinski definition) is 5. The lowest BCUT2D eigenvalue weighted by Crippen LogP contribution is -2.22. The van der Waals surface area contributed by atoms with E-state index in [9.17, 15) is 23.1 Å². The summed E-state index contributed by atoms with van der Waals surface area (Å²) in [4.78, 5) is 27.8. The molecule has 33 heavy (non-hydrogen) atoms. The molecule has 0 spiro atoms. The minimum atomic E-state index is -4.07. The fourth-order valence-corrected chi connectivity index (χ4v) is 4.98. The summed E-state index contributed by atoms with van der Waals surface area (Å²) in [6.07, 6.45) is -0.597. The molecule has 0 radical (unpaired) electrons. The van der Waals surface area contributed by atoms with Gasteiger partial charge in [0.2, 0.25) is 0 Å². The maximum atomic E-state index is 13.3. The van der Waals surface area contributed by atoms with E-state index in [0.717, 1.165) is 0 Å². The topological polar surface area (TPSA) is 165 Å². The number of aliphatic carboxylic acids is 1. The SMILES string of the molecule is NC(N)=Nc1cccc(C(=O)Nc2cccc(S(=O)(=O)C(CC(=O)O)c3ccccc3)c2)c1. The molecule has 0 bridgehead atoms. The summed E-state index contributed by atoms with van der Waals surface area (Å²) in [6.45, 7) is 0. The summed E-state index contributed by atoms with van der Waals surface area (Å²) < 4.78 is 26.6. The number of aliphatic imine (C=N–C) groups is 1. The zero-order chi connectivity index (χ0) is 24.0. The second kappa shape index (κ2) is 9.96. The first-order chi connectivity index (χ1) is 15.7. The number of rotatable bonds is 8. The summed E-state index contributed by atoms with van der Waals surface area (Å²) >= 11 is 0. The Morgan fingerprint density at radius 3 is 2.30 bits per heavy atom. The zero-order valence-corrected chi connectivity index (χ0v) is 18.2. The molecule has 0 aliphatic heterocycles. The van der Waals surface area contributed by atoms with Crippen molar-refractivity contribution in [1.82, 2.24) is 0 Å². The molecule has 1 unspecified atom stereocenters. The van der Waals surface area contributed by atoms with Crippen molar-refractivity contribution in [3.8, 4) is 0 Å². The number of carboxylic acid groups (broad SMARTS) is 1. The van der Waals surface area contributed by atoms with E-state index in [0.29, 0.717) is 11.3 Å². The second-order valence-corrected chi connectivity index (χ2v) is 9.24. The summed E-state index contributed by atoms with van der Waals surface area (Å²) in [5.41, 5.74) is 12.0. The molecule has 3 rings (SSSR count). The van der Waals surface area contributed by atoms with Gasteiger partial charge in [-0.1, -0.05) is 42.5 Å². The van der Waals surface area contributed by atoms with Crippen molar-refractivity contribution >= 4 is 39.0 Å². The number of nitrogens with zero attached hydrogens (tertiary/aromatic N) is 1. The Hall–Kier alpha value is -4.18. The minimum Gasteiger partial charge on any atom is -0.481 e. The molecule has 6 N–H and O–H groups in total. The molecule has 3 aromatic rings. The van der Waals surface area contributed by atoms with Crippen molar-refractivity contribution in [3.63, 3.8) is 0 Å². The summed E-state index contributed by atoms with van der Waals surface area (Å²) in [5.74, 6) is -1.89. The van der Waals surface area contributed by atoms with Gasteiger partial charge in [0.15, 0.2) is 15.8 Å². The van der Waals surface area contributed by atoms with Crippen molar-refractivity contribution in [2.24, 2.45) is 16.5 Å². The molecular formula is C23H22N4O5S. The van der Waals surface area contributed by atoms with Gasteiger partial charge in [-0.2, -0.15) is 0 Å². The van der Waals surface area contributed by atoms with Gasteiger partial charge in [0, 0.05) is 11.3 Å². The van der Waals surface area contributed by atoms with Crippen LogP contribution in [-0.4, -0.2) is 31.4 Å². The monoisotopic (exact) mass is 466 g/mol. The van der Waals surface area contributed by atoms with Crippen LogP contribution < -0.4 is 16.8 Å². The third kappa shape index (κ3) is 5.95. The minimum absolute atomic E-state index is 0.107. The lowest BCUT2D eigenvalue weighted by molar-refractivity contribution is -0.137. The van der Waals surface area contributed by atoms with Gasteiger partial charge >= 0.3 is 5.97 Å². The van der Waals surface area contributed by atoms with Gasteiger partial charge in [-0.15, -0.1) is 0 Å². The predicted octanol–water partition coefficient (Wildman–Crippen LogP) is 2.83. The Balaban J connectivity index is 1.90. The largest absolute Gasteiger partial charge is 0.481 e. The van der Waals surface area contributed by atoms with Crippen molar-refractivity contribution < 1.29 is 23.1 Å². The van der Waals surface area contributed by atoms with E-state index in [-0.39, 0.29) is 22.1 Å². The number of carbonyl (C=O) groups excluding carboxylic acids is 1. The molecule has 9 nitrogen and oxygen atoms in total. The van der Waals surface area contributed by atoms with Crippen LogP contribution in [0, 0.1) is 0 Å². The third-order valence-electron chi connectivity index (χ3n) is 4.69. The standard InChI is InChI=1S/C23H22N4O5S/c24-23(25)27-17-9-4-8-16(12-17)22(30)26-18-10-5-11-19(13-18)33(31,32)20(14-21(28)29)15-6-2-1-3-7-15/h1-13,20H,14H2,(H,26,30)(H,28,29)(H4,24,25,27). The normalized spacial score (nSPS) is 11.9. The Kier molecular flexibility index (Phi) is 7.09. The molecule has 0 aliphatic rings. The number of guanidine groups is 1. The van der Waals surface area contributed by atoms with E-state index in [1.165, 1.54) is 30.3 Å². The number of benzene rings is 3. The summed E-state index contributed by atoms with van der Waals surface area (Å²) in [5, 5.41) is 10.6. The van der Waals surface area contributed by atoms with E-state index in [1.54, 1.807) is 48.5 Å². The van der Waals surface area contributed by atoms with Crippen molar-refractivity contribution in [2.45, 2.75) is 16.6 Å². The maximum Gasteiger partial charge on any atom is 0.305 e. The number of carboxylic acids is 1. The zero-order valence-electron chi connectivity index (χ0n) is 17.4. The van der Waals surface area contributed by atoms with Crippen LogP contribution in [0.1, 0.15) is 27.6 Å². The average molecular weight is 467 g/mol. The summed E-state index contributed by atoms with van der Waals surface area (Å²) in [7, 11) is -4.07. The molecule has 10 heteroatoms. The maximum absolute atomic E-state index is 13.3. The Labute approximate surface area is 190 Å². The molecule has 0 aliphatic carbocycles. The number of nitrogens with one attached hydrogen (secondary N) is 1. The van der Waals surface area contributed by atoms with Gasteiger partial charge in [0.05, 0.1) is 17.0 Å². The molecule has 3 aromatic carbocycles.